The summed E-state index contributed by atoms with van der Waals surface area (Å²) in [6, 6.07) is 13.7. The summed E-state index contributed by atoms with van der Waals surface area (Å²) in [5.41, 5.74) is 4.73. The number of hydrogen-bond donors (Lipinski definition) is 0. The summed E-state index contributed by atoms with van der Waals surface area (Å²) < 4.78 is 13.3. The Hall–Kier alpha value is -0.670. The smallest absolute Gasteiger partial charge is 0.123 e. The molecule has 0 aliphatic rings. The van der Waals surface area contributed by atoms with Crippen molar-refractivity contribution in [2.45, 2.75) is 25.7 Å². The molecule has 21 heavy (non-hydrogen) atoms. The number of halogens is 3. The van der Waals surface area contributed by atoms with E-state index >= 15 is 0 Å². The van der Waals surface area contributed by atoms with Crippen molar-refractivity contribution < 1.29 is 4.39 Å². The Balaban J connectivity index is 2.43. The largest absolute Gasteiger partial charge is 0.207 e. The van der Waals surface area contributed by atoms with Crippen molar-refractivity contribution in [2.24, 2.45) is 0 Å². The van der Waals surface area contributed by atoms with Crippen LogP contribution in [-0.2, 0) is 11.8 Å². The summed E-state index contributed by atoms with van der Waals surface area (Å²) in [4.78, 5) is 0. The molecule has 0 spiro atoms. The summed E-state index contributed by atoms with van der Waals surface area (Å²) in [6.45, 7) is 4.09. The Morgan fingerprint density at radius 1 is 1.00 bits per heavy atom. The Kier molecular flexibility index (Phi) is 5.61. The van der Waals surface area contributed by atoms with Gasteiger partial charge in [0.15, 0.2) is 0 Å². The van der Waals surface area contributed by atoms with E-state index in [9.17, 15) is 4.39 Å². The lowest BCUT2D eigenvalue weighted by Crippen LogP contribution is -2.33. The van der Waals surface area contributed by atoms with Gasteiger partial charge in [0.1, 0.15) is 5.82 Å². The molecule has 2 aromatic carbocycles. The predicted molar refractivity (Wildman–Crippen MR) is 95.3 cm³/mol. The minimum atomic E-state index is -0.171. The molecular formula is C18H19Br2F. The molecule has 0 unspecified atom stereocenters. The molecule has 112 valence electrons. The van der Waals surface area contributed by atoms with E-state index in [0.29, 0.717) is 0 Å². The zero-order chi connectivity index (χ0) is 15.5. The van der Waals surface area contributed by atoms with E-state index in [1.54, 1.807) is 12.1 Å². The second kappa shape index (κ2) is 7.06. The van der Waals surface area contributed by atoms with Gasteiger partial charge in [0.05, 0.1) is 0 Å². The van der Waals surface area contributed by atoms with Gasteiger partial charge in [-0.15, -0.1) is 0 Å². The van der Waals surface area contributed by atoms with Crippen LogP contribution in [0.4, 0.5) is 4.39 Å². The average Bonchev–Trinajstić information content (AvgIpc) is 2.47. The van der Waals surface area contributed by atoms with E-state index in [1.807, 2.05) is 13.0 Å². The monoisotopic (exact) mass is 412 g/mol. The van der Waals surface area contributed by atoms with Crippen LogP contribution in [0, 0.1) is 19.7 Å². The van der Waals surface area contributed by atoms with Gasteiger partial charge >= 0.3 is 0 Å². The standard InChI is InChI=1S/C18H19Br2F/c1-13-4-3-5-16(8-13)18(11-19,12-20)10-15-6-7-17(21)9-14(15)2/h3-9H,10-12H2,1-2H3. The lowest BCUT2D eigenvalue weighted by Gasteiger charge is -2.32. The highest BCUT2D eigenvalue weighted by atomic mass is 79.9. The third kappa shape index (κ3) is 3.75. The minimum Gasteiger partial charge on any atom is -0.207 e. The van der Waals surface area contributed by atoms with Crippen LogP contribution in [0.25, 0.3) is 0 Å². The third-order valence-electron chi connectivity index (χ3n) is 3.98. The number of benzene rings is 2. The lowest BCUT2D eigenvalue weighted by atomic mass is 9.78. The second-order valence-electron chi connectivity index (χ2n) is 5.66. The van der Waals surface area contributed by atoms with Crippen LogP contribution < -0.4 is 0 Å². The van der Waals surface area contributed by atoms with Crippen molar-refractivity contribution in [3.63, 3.8) is 0 Å². The molecule has 0 fully saturated rings. The van der Waals surface area contributed by atoms with E-state index < -0.39 is 0 Å². The SMILES string of the molecule is Cc1cccc(C(CBr)(CBr)Cc2ccc(F)cc2C)c1. The van der Waals surface area contributed by atoms with Crippen molar-refractivity contribution in [3.05, 3.63) is 70.5 Å². The number of aryl methyl sites for hydroxylation is 2. The summed E-state index contributed by atoms with van der Waals surface area (Å²) >= 11 is 7.37. The molecule has 0 radical (unpaired) electrons. The van der Waals surface area contributed by atoms with Crippen LogP contribution in [0.1, 0.15) is 22.3 Å². The fourth-order valence-electron chi connectivity index (χ4n) is 2.58. The molecule has 0 saturated carbocycles. The summed E-state index contributed by atoms with van der Waals surface area (Å²) in [7, 11) is 0. The molecule has 0 nitrogen and oxygen atoms in total. The van der Waals surface area contributed by atoms with Crippen LogP contribution in [-0.4, -0.2) is 10.7 Å². The first-order valence-electron chi connectivity index (χ1n) is 6.95. The van der Waals surface area contributed by atoms with E-state index in [-0.39, 0.29) is 11.2 Å². The summed E-state index contributed by atoms with van der Waals surface area (Å²) in [5.74, 6) is -0.171. The van der Waals surface area contributed by atoms with E-state index in [1.165, 1.54) is 16.7 Å². The van der Waals surface area contributed by atoms with Gasteiger partial charge in [-0.05, 0) is 49.1 Å². The molecule has 0 aromatic heterocycles. The lowest BCUT2D eigenvalue weighted by molar-refractivity contribution is 0.547. The van der Waals surface area contributed by atoms with Gasteiger partial charge in [0, 0.05) is 16.1 Å². The molecule has 0 N–H and O–H groups in total. The van der Waals surface area contributed by atoms with E-state index in [2.05, 4.69) is 63.0 Å². The number of hydrogen-bond acceptors (Lipinski definition) is 0. The van der Waals surface area contributed by atoms with Crippen molar-refractivity contribution in [2.75, 3.05) is 10.7 Å². The zero-order valence-corrected chi connectivity index (χ0v) is 15.5. The molecule has 0 aliphatic heterocycles. The van der Waals surface area contributed by atoms with Crippen molar-refractivity contribution in [3.8, 4) is 0 Å². The van der Waals surface area contributed by atoms with E-state index in [4.69, 9.17) is 0 Å². The first-order chi connectivity index (χ1) is 10.0. The molecule has 0 amide bonds. The molecule has 2 aromatic rings. The van der Waals surface area contributed by atoms with Crippen LogP contribution in [0.5, 0.6) is 0 Å². The molecule has 2 rings (SSSR count). The Bertz CT molecular complexity index is 618. The van der Waals surface area contributed by atoms with Crippen LogP contribution >= 0.6 is 31.9 Å². The fraction of sp³-hybridized carbons (Fsp3) is 0.333. The molecule has 0 saturated heterocycles. The van der Waals surface area contributed by atoms with Crippen molar-refractivity contribution in [1.82, 2.24) is 0 Å². The number of alkyl halides is 2. The highest BCUT2D eigenvalue weighted by Crippen LogP contribution is 2.34. The van der Waals surface area contributed by atoms with Gasteiger partial charge in [-0.25, -0.2) is 4.39 Å². The van der Waals surface area contributed by atoms with Gasteiger partial charge in [-0.2, -0.15) is 0 Å². The second-order valence-corrected chi connectivity index (χ2v) is 6.79. The van der Waals surface area contributed by atoms with Gasteiger partial charge in [-0.3, -0.25) is 0 Å². The fourth-order valence-corrected chi connectivity index (χ4v) is 4.56. The van der Waals surface area contributed by atoms with Crippen LogP contribution in [0.3, 0.4) is 0 Å². The average molecular weight is 414 g/mol. The van der Waals surface area contributed by atoms with Gasteiger partial charge in [-0.1, -0.05) is 67.8 Å². The molecule has 3 heteroatoms. The number of rotatable bonds is 5. The van der Waals surface area contributed by atoms with E-state index in [0.717, 1.165) is 22.6 Å². The van der Waals surface area contributed by atoms with Gasteiger partial charge in [0.25, 0.3) is 0 Å². The highest BCUT2D eigenvalue weighted by Gasteiger charge is 2.31. The first kappa shape index (κ1) is 16.7. The third-order valence-corrected chi connectivity index (χ3v) is 6.12. The summed E-state index contributed by atoms with van der Waals surface area (Å²) in [6.07, 6.45) is 0.874. The maximum atomic E-state index is 13.3. The Morgan fingerprint density at radius 3 is 2.29 bits per heavy atom. The molecule has 0 bridgehead atoms. The quantitative estimate of drug-likeness (QED) is 0.550. The van der Waals surface area contributed by atoms with Crippen LogP contribution in [0.2, 0.25) is 0 Å². The Labute approximate surface area is 143 Å². The van der Waals surface area contributed by atoms with Gasteiger partial charge < -0.3 is 0 Å². The molecular weight excluding hydrogens is 395 g/mol. The molecule has 0 atom stereocenters. The molecule has 0 aliphatic carbocycles. The molecule has 0 heterocycles. The Morgan fingerprint density at radius 2 is 1.71 bits per heavy atom. The maximum Gasteiger partial charge on any atom is 0.123 e. The highest BCUT2D eigenvalue weighted by molar-refractivity contribution is 9.09. The minimum absolute atomic E-state index is 0.0331. The maximum absolute atomic E-state index is 13.3. The predicted octanol–water partition coefficient (Wildman–Crippen LogP) is 5.71. The first-order valence-corrected chi connectivity index (χ1v) is 9.19. The van der Waals surface area contributed by atoms with Crippen molar-refractivity contribution >= 4 is 31.9 Å². The van der Waals surface area contributed by atoms with Crippen molar-refractivity contribution in [1.29, 1.82) is 0 Å². The topological polar surface area (TPSA) is 0 Å². The zero-order valence-electron chi connectivity index (χ0n) is 12.3. The van der Waals surface area contributed by atoms with Gasteiger partial charge in [0.2, 0.25) is 0 Å². The normalized spacial score (nSPS) is 11.7. The van der Waals surface area contributed by atoms with Crippen LogP contribution in [0.15, 0.2) is 42.5 Å². The summed E-state index contributed by atoms with van der Waals surface area (Å²) in [5, 5.41) is 1.71.